The molecule has 0 spiro atoms. The van der Waals surface area contributed by atoms with Gasteiger partial charge >= 0.3 is 0 Å². The van der Waals surface area contributed by atoms with Crippen molar-refractivity contribution in [2.45, 2.75) is 63.3 Å². The first kappa shape index (κ1) is 21.6. The first-order valence-electron chi connectivity index (χ1n) is 9.90. The summed E-state index contributed by atoms with van der Waals surface area (Å²) in [5, 5.41) is 15.5. The van der Waals surface area contributed by atoms with Crippen LogP contribution in [-0.4, -0.2) is 38.4 Å². The van der Waals surface area contributed by atoms with E-state index >= 15 is 0 Å². The molecule has 1 aromatic carbocycles. The zero-order chi connectivity index (χ0) is 20.8. The van der Waals surface area contributed by atoms with E-state index in [-0.39, 0.29) is 17.9 Å². The zero-order valence-electron chi connectivity index (χ0n) is 16.7. The monoisotopic (exact) mass is 435 g/mol. The molecule has 1 saturated carbocycles. The maximum atomic E-state index is 12.5. The van der Waals surface area contributed by atoms with Crippen molar-refractivity contribution in [2.24, 2.45) is 0 Å². The second kappa shape index (κ2) is 10.1. The Hall–Kier alpha value is -2.06. The third kappa shape index (κ3) is 5.51. The first-order valence-corrected chi connectivity index (χ1v) is 11.3. The van der Waals surface area contributed by atoms with E-state index in [9.17, 15) is 9.59 Å². The summed E-state index contributed by atoms with van der Waals surface area (Å²) in [4.78, 5) is 24.7. The van der Waals surface area contributed by atoms with Gasteiger partial charge in [-0.3, -0.25) is 9.59 Å². The van der Waals surface area contributed by atoms with Crippen molar-refractivity contribution in [3.05, 3.63) is 40.7 Å². The second-order valence-corrected chi connectivity index (χ2v) is 8.45. The van der Waals surface area contributed by atoms with Crippen LogP contribution < -0.4 is 10.6 Å². The molecule has 3 rings (SSSR count). The largest absolute Gasteiger partial charge is 0.353 e. The number of halogens is 1. The average molecular weight is 436 g/mol. The minimum atomic E-state index is -0.354. The number of carbonyl (C=O) groups excluding carboxylic acids is 2. The number of thioether (sulfide) groups is 1. The first-order chi connectivity index (χ1) is 14.0. The number of hydrogen-bond acceptors (Lipinski definition) is 5. The third-order valence-electron chi connectivity index (χ3n) is 4.97. The summed E-state index contributed by atoms with van der Waals surface area (Å²) in [5.74, 6) is 0.703. The van der Waals surface area contributed by atoms with E-state index in [1.165, 1.54) is 24.6 Å². The van der Waals surface area contributed by atoms with Gasteiger partial charge in [-0.1, -0.05) is 48.3 Å². The lowest BCUT2D eigenvalue weighted by Gasteiger charge is -2.16. The molecule has 2 N–H and O–H groups in total. The molecule has 1 atom stereocenters. The highest BCUT2D eigenvalue weighted by atomic mass is 35.5. The van der Waals surface area contributed by atoms with Crippen molar-refractivity contribution >= 4 is 35.2 Å². The molecule has 1 heterocycles. The molecular weight excluding hydrogens is 410 g/mol. The van der Waals surface area contributed by atoms with Crippen LogP contribution in [0.15, 0.2) is 29.4 Å². The van der Waals surface area contributed by atoms with Crippen LogP contribution in [-0.2, 0) is 11.3 Å². The van der Waals surface area contributed by atoms with Crippen LogP contribution in [0.3, 0.4) is 0 Å². The highest BCUT2D eigenvalue weighted by Crippen LogP contribution is 2.22. The van der Waals surface area contributed by atoms with Gasteiger partial charge in [-0.05, 0) is 38.8 Å². The molecular formula is C20H26ClN5O2S. The van der Waals surface area contributed by atoms with Crippen LogP contribution in [0.2, 0.25) is 5.02 Å². The fourth-order valence-corrected chi connectivity index (χ4v) is 4.52. The minimum absolute atomic E-state index is 0.0224. The molecule has 156 valence electrons. The molecule has 0 radical (unpaired) electrons. The van der Waals surface area contributed by atoms with Crippen molar-refractivity contribution in [2.75, 3.05) is 5.75 Å². The van der Waals surface area contributed by atoms with E-state index in [1.807, 2.05) is 18.4 Å². The van der Waals surface area contributed by atoms with Gasteiger partial charge in [0, 0.05) is 12.6 Å². The van der Waals surface area contributed by atoms with Gasteiger partial charge in [0.05, 0.1) is 22.4 Å². The number of carbonyl (C=O) groups is 2. The van der Waals surface area contributed by atoms with Crippen molar-refractivity contribution in [1.82, 2.24) is 25.4 Å². The molecule has 9 heteroatoms. The van der Waals surface area contributed by atoms with Crippen LogP contribution in [0.4, 0.5) is 0 Å². The van der Waals surface area contributed by atoms with Gasteiger partial charge in [0.1, 0.15) is 0 Å². The normalized spacial score (nSPS) is 15.3. The van der Waals surface area contributed by atoms with Crippen LogP contribution >= 0.6 is 23.4 Å². The van der Waals surface area contributed by atoms with Crippen LogP contribution in [0.5, 0.6) is 0 Å². The van der Waals surface area contributed by atoms with Crippen LogP contribution in [0, 0.1) is 0 Å². The van der Waals surface area contributed by atoms with E-state index in [4.69, 9.17) is 11.6 Å². The summed E-state index contributed by atoms with van der Waals surface area (Å²) in [6.45, 7) is 4.48. The maximum Gasteiger partial charge on any atom is 0.253 e. The summed E-state index contributed by atoms with van der Waals surface area (Å²) < 4.78 is 1.92. The lowest BCUT2D eigenvalue weighted by molar-refractivity contribution is -0.119. The molecule has 1 unspecified atom stereocenters. The van der Waals surface area contributed by atoms with Gasteiger partial charge in [0.15, 0.2) is 11.0 Å². The Balaban J connectivity index is 1.61. The highest BCUT2D eigenvalue weighted by Gasteiger charge is 2.22. The Morgan fingerprint density at radius 3 is 2.69 bits per heavy atom. The minimum Gasteiger partial charge on any atom is -0.353 e. The smallest absolute Gasteiger partial charge is 0.253 e. The molecule has 1 aliphatic carbocycles. The number of amides is 2. The summed E-state index contributed by atoms with van der Waals surface area (Å²) in [6, 6.07) is 6.87. The van der Waals surface area contributed by atoms with Gasteiger partial charge in [-0.2, -0.15) is 0 Å². The zero-order valence-corrected chi connectivity index (χ0v) is 18.2. The van der Waals surface area contributed by atoms with E-state index in [0.29, 0.717) is 39.9 Å². The van der Waals surface area contributed by atoms with Gasteiger partial charge in [-0.25, -0.2) is 0 Å². The lowest BCUT2D eigenvalue weighted by Crippen LogP contribution is -2.33. The summed E-state index contributed by atoms with van der Waals surface area (Å²) in [5.41, 5.74) is 0.418. The van der Waals surface area contributed by atoms with Gasteiger partial charge in [0.2, 0.25) is 5.91 Å². The molecule has 1 fully saturated rings. The Bertz CT molecular complexity index is 866. The van der Waals surface area contributed by atoms with E-state index in [2.05, 4.69) is 20.8 Å². The van der Waals surface area contributed by atoms with Crippen molar-refractivity contribution < 1.29 is 9.59 Å². The number of nitrogens with one attached hydrogen (secondary N) is 2. The number of nitrogens with zero attached hydrogens (tertiary/aromatic N) is 3. The Kier molecular flexibility index (Phi) is 7.55. The molecule has 29 heavy (non-hydrogen) atoms. The summed E-state index contributed by atoms with van der Waals surface area (Å²) in [7, 11) is 0. The predicted octanol–water partition coefficient (Wildman–Crippen LogP) is 3.59. The Labute approximate surface area is 180 Å². The fourth-order valence-electron chi connectivity index (χ4n) is 3.48. The highest BCUT2D eigenvalue weighted by molar-refractivity contribution is 7.99. The second-order valence-electron chi connectivity index (χ2n) is 7.10. The maximum absolute atomic E-state index is 12.5. The summed E-state index contributed by atoms with van der Waals surface area (Å²) in [6.07, 6.45) is 4.50. The lowest BCUT2D eigenvalue weighted by atomic mass is 10.2. The number of rotatable bonds is 8. The summed E-state index contributed by atoms with van der Waals surface area (Å²) >= 11 is 7.47. The number of benzene rings is 1. The number of hydrogen-bond donors (Lipinski definition) is 2. The fraction of sp³-hybridized carbons (Fsp3) is 0.500. The van der Waals surface area contributed by atoms with E-state index < -0.39 is 0 Å². The van der Waals surface area contributed by atoms with E-state index in [0.717, 1.165) is 12.8 Å². The topological polar surface area (TPSA) is 88.9 Å². The molecule has 7 nitrogen and oxygen atoms in total. The molecule has 1 aliphatic rings. The van der Waals surface area contributed by atoms with Crippen molar-refractivity contribution in [3.63, 3.8) is 0 Å². The predicted molar refractivity (Wildman–Crippen MR) is 114 cm³/mol. The van der Waals surface area contributed by atoms with Crippen LogP contribution in [0.1, 0.15) is 61.8 Å². The number of aromatic nitrogens is 3. The average Bonchev–Trinajstić information content (AvgIpc) is 3.35. The molecule has 0 saturated heterocycles. The Morgan fingerprint density at radius 2 is 2.00 bits per heavy atom. The van der Waals surface area contributed by atoms with Gasteiger partial charge in [-0.15, -0.1) is 10.2 Å². The quantitative estimate of drug-likeness (QED) is 0.618. The van der Waals surface area contributed by atoms with Crippen molar-refractivity contribution in [1.29, 1.82) is 0 Å². The third-order valence-corrected chi connectivity index (χ3v) is 6.26. The van der Waals surface area contributed by atoms with E-state index in [1.54, 1.807) is 24.3 Å². The molecule has 2 amide bonds. The molecule has 0 bridgehead atoms. The SMILES string of the molecule is CCn1c(SCC(=O)NC2CCCC2)nnc1C(C)NC(=O)c1ccccc1Cl. The van der Waals surface area contributed by atoms with Crippen molar-refractivity contribution in [3.8, 4) is 0 Å². The molecule has 0 aliphatic heterocycles. The standard InChI is InChI=1S/C20H26ClN5O2S/c1-3-26-18(13(2)22-19(28)15-10-6-7-11-16(15)21)24-25-20(26)29-12-17(27)23-14-8-4-5-9-14/h6-7,10-11,13-14H,3-5,8-9,12H2,1-2H3,(H,22,28)(H,23,27). The van der Waals surface area contributed by atoms with Gasteiger partial charge < -0.3 is 15.2 Å². The molecule has 2 aromatic rings. The Morgan fingerprint density at radius 1 is 1.28 bits per heavy atom. The van der Waals surface area contributed by atoms with Gasteiger partial charge in [0.25, 0.3) is 5.91 Å². The molecule has 1 aromatic heterocycles. The van der Waals surface area contributed by atoms with Crippen LogP contribution in [0.25, 0.3) is 0 Å².